The zero-order chi connectivity index (χ0) is 21.1. The molecule has 7 heteroatoms. The molecule has 4 N–H and O–H groups in total. The lowest BCUT2D eigenvalue weighted by atomic mass is 9.70. The Bertz CT molecular complexity index is 999. The van der Waals surface area contributed by atoms with E-state index in [1.807, 2.05) is 0 Å². The van der Waals surface area contributed by atoms with Crippen LogP contribution in [0.5, 0.6) is 0 Å². The van der Waals surface area contributed by atoms with Gasteiger partial charge in [-0.25, -0.2) is 0 Å². The van der Waals surface area contributed by atoms with E-state index in [1.165, 1.54) is 0 Å². The third kappa shape index (κ3) is 2.36. The minimum atomic E-state index is -2.03. The van der Waals surface area contributed by atoms with E-state index >= 15 is 0 Å². The van der Waals surface area contributed by atoms with Gasteiger partial charge in [-0.15, -0.1) is 0 Å². The van der Waals surface area contributed by atoms with Crippen molar-refractivity contribution in [2.45, 2.75) is 36.9 Å². The first-order valence-corrected chi connectivity index (χ1v) is 10.2. The number of fused-ring (bicyclic) bond motifs is 2. The fraction of sp³-hybridized carbons (Fsp3) is 0.348. The Morgan fingerprint density at radius 1 is 0.700 bits per heavy atom. The van der Waals surface area contributed by atoms with Crippen LogP contribution >= 0.6 is 0 Å². The molecule has 1 aliphatic carbocycles. The second-order valence-corrected chi connectivity index (χ2v) is 8.32. The Morgan fingerprint density at radius 3 is 1.53 bits per heavy atom. The van der Waals surface area contributed by atoms with Gasteiger partial charge in [0.05, 0.1) is 11.8 Å². The molecule has 0 saturated heterocycles. The molecule has 0 aromatic heterocycles. The number of ketones is 1. The quantitative estimate of drug-likeness (QED) is 0.570. The summed E-state index contributed by atoms with van der Waals surface area (Å²) in [4.78, 5) is 39.4. The van der Waals surface area contributed by atoms with E-state index in [0.29, 0.717) is 48.2 Å². The van der Waals surface area contributed by atoms with Gasteiger partial charge in [-0.3, -0.25) is 14.4 Å². The first kappa shape index (κ1) is 19.0. The van der Waals surface area contributed by atoms with Gasteiger partial charge in [0.15, 0.2) is 11.2 Å². The SMILES string of the molecule is O=C1[C@H]([C@]2(O)C(=O)Nc3ccccc32)CCCC[C@@H]1[C@@]1(O)C(=O)Nc2ccccc21. The van der Waals surface area contributed by atoms with Crippen molar-refractivity contribution in [3.8, 4) is 0 Å². The van der Waals surface area contributed by atoms with Gasteiger partial charge in [-0.05, 0) is 25.0 Å². The molecule has 7 nitrogen and oxygen atoms in total. The zero-order valence-electron chi connectivity index (χ0n) is 16.2. The van der Waals surface area contributed by atoms with Gasteiger partial charge in [0.1, 0.15) is 5.78 Å². The summed E-state index contributed by atoms with van der Waals surface area (Å²) in [6.07, 6.45) is 1.80. The Kier molecular flexibility index (Phi) is 4.10. The van der Waals surface area contributed by atoms with Gasteiger partial charge in [0.25, 0.3) is 11.8 Å². The standard InChI is InChI=1S/C23H22N2O5/c26-19-15(22(29)13-7-3-5-11-17(13)24-20(22)27)9-1-2-10-16(19)23(30)14-8-4-6-12-18(14)25-21(23)28/h3-8,11-12,15-16,29-30H,1-2,9-10H2,(H,24,27)(H,25,28)/t15-,16+,22+,23-. The number of carbonyl (C=O) groups excluding carboxylic acids is 3. The maximum absolute atomic E-state index is 13.8. The smallest absolute Gasteiger partial charge is 0.261 e. The fourth-order valence-corrected chi connectivity index (χ4v) is 5.27. The first-order valence-electron chi connectivity index (χ1n) is 10.2. The molecule has 154 valence electrons. The van der Waals surface area contributed by atoms with Crippen molar-refractivity contribution in [3.05, 3.63) is 59.7 Å². The highest BCUT2D eigenvalue weighted by Crippen LogP contribution is 2.50. The maximum atomic E-state index is 13.8. The van der Waals surface area contributed by atoms with E-state index in [0.717, 1.165) is 0 Å². The lowest BCUT2D eigenvalue weighted by molar-refractivity contribution is -0.159. The molecular formula is C23H22N2O5. The van der Waals surface area contributed by atoms with E-state index < -0.39 is 40.6 Å². The van der Waals surface area contributed by atoms with Gasteiger partial charge in [-0.1, -0.05) is 49.2 Å². The number of nitrogens with one attached hydrogen (secondary N) is 2. The van der Waals surface area contributed by atoms with Gasteiger partial charge >= 0.3 is 0 Å². The average molecular weight is 406 g/mol. The van der Waals surface area contributed by atoms with Crippen LogP contribution in [0.2, 0.25) is 0 Å². The number of Topliss-reactive ketones (excluding diaryl/α,β-unsaturated/α-hetero) is 1. The summed E-state index contributed by atoms with van der Waals surface area (Å²) in [6, 6.07) is 13.5. The van der Waals surface area contributed by atoms with Crippen LogP contribution in [0.3, 0.4) is 0 Å². The molecule has 0 bridgehead atoms. The van der Waals surface area contributed by atoms with Crippen LogP contribution in [0.25, 0.3) is 0 Å². The summed E-state index contributed by atoms with van der Waals surface area (Å²) in [6.45, 7) is 0. The second-order valence-electron chi connectivity index (χ2n) is 8.32. The van der Waals surface area contributed by atoms with Gasteiger partial charge in [-0.2, -0.15) is 0 Å². The molecule has 1 saturated carbocycles. The van der Waals surface area contributed by atoms with Crippen LogP contribution in [0.15, 0.2) is 48.5 Å². The molecule has 2 aromatic rings. The Balaban J connectivity index is 1.60. The van der Waals surface area contributed by atoms with Crippen molar-refractivity contribution in [3.63, 3.8) is 0 Å². The van der Waals surface area contributed by atoms with Gasteiger partial charge in [0, 0.05) is 22.5 Å². The lowest BCUT2D eigenvalue weighted by Crippen LogP contribution is -2.52. The highest BCUT2D eigenvalue weighted by molar-refractivity contribution is 6.11. The summed E-state index contributed by atoms with van der Waals surface area (Å²) < 4.78 is 0. The van der Waals surface area contributed by atoms with E-state index in [4.69, 9.17) is 0 Å². The lowest BCUT2D eigenvalue weighted by Gasteiger charge is -2.35. The van der Waals surface area contributed by atoms with Crippen molar-refractivity contribution in [1.29, 1.82) is 0 Å². The number of hydrogen-bond donors (Lipinski definition) is 4. The second kappa shape index (κ2) is 6.48. The minimum absolute atomic E-state index is 0.299. The van der Waals surface area contributed by atoms with E-state index in [9.17, 15) is 24.6 Å². The van der Waals surface area contributed by atoms with E-state index in [-0.39, 0.29) is 0 Å². The van der Waals surface area contributed by atoms with Crippen molar-refractivity contribution >= 4 is 29.0 Å². The van der Waals surface area contributed by atoms with Gasteiger partial charge in [0.2, 0.25) is 0 Å². The Morgan fingerprint density at radius 2 is 1.10 bits per heavy atom. The molecule has 2 heterocycles. The molecule has 5 rings (SSSR count). The molecule has 0 spiro atoms. The number of carbonyl (C=O) groups is 3. The van der Waals surface area contributed by atoms with Crippen LogP contribution in [0, 0.1) is 11.8 Å². The van der Waals surface area contributed by atoms with Crippen molar-refractivity contribution < 1.29 is 24.6 Å². The number of hydrogen-bond acceptors (Lipinski definition) is 5. The van der Waals surface area contributed by atoms with Crippen molar-refractivity contribution in [2.75, 3.05) is 10.6 Å². The average Bonchev–Trinajstić information content (AvgIpc) is 3.04. The molecule has 30 heavy (non-hydrogen) atoms. The highest BCUT2D eigenvalue weighted by atomic mass is 16.3. The molecule has 0 radical (unpaired) electrons. The molecule has 2 aromatic carbocycles. The number of anilines is 2. The van der Waals surface area contributed by atoms with Crippen molar-refractivity contribution in [2.24, 2.45) is 11.8 Å². The topological polar surface area (TPSA) is 116 Å². The van der Waals surface area contributed by atoms with E-state index in [2.05, 4.69) is 10.6 Å². The molecular weight excluding hydrogens is 384 g/mol. The summed E-state index contributed by atoms with van der Waals surface area (Å²) in [5.74, 6) is -3.87. The number of aliphatic hydroxyl groups is 2. The third-order valence-electron chi connectivity index (χ3n) is 6.80. The number of para-hydroxylation sites is 2. The van der Waals surface area contributed by atoms with Crippen LogP contribution in [-0.2, 0) is 25.6 Å². The van der Waals surface area contributed by atoms with Crippen molar-refractivity contribution in [1.82, 2.24) is 0 Å². The largest absolute Gasteiger partial charge is 0.375 e. The Labute approximate surface area is 173 Å². The summed E-state index contributed by atoms with van der Waals surface area (Å²) >= 11 is 0. The Hall–Kier alpha value is -3.03. The predicted molar refractivity (Wildman–Crippen MR) is 108 cm³/mol. The number of benzene rings is 2. The van der Waals surface area contributed by atoms with Gasteiger partial charge < -0.3 is 20.8 Å². The van der Waals surface area contributed by atoms with Crippen LogP contribution in [0.1, 0.15) is 36.8 Å². The van der Waals surface area contributed by atoms with Crippen LogP contribution in [0.4, 0.5) is 11.4 Å². The normalized spacial score (nSPS) is 32.8. The molecule has 2 aliphatic heterocycles. The molecule has 1 fully saturated rings. The number of rotatable bonds is 2. The van der Waals surface area contributed by atoms with E-state index in [1.54, 1.807) is 48.5 Å². The van der Waals surface area contributed by atoms with Crippen LogP contribution in [-0.4, -0.2) is 27.8 Å². The maximum Gasteiger partial charge on any atom is 0.261 e. The molecule has 2 amide bonds. The fourth-order valence-electron chi connectivity index (χ4n) is 5.27. The highest BCUT2D eigenvalue weighted by Gasteiger charge is 2.60. The monoisotopic (exact) mass is 406 g/mol. The zero-order valence-corrected chi connectivity index (χ0v) is 16.2. The first-order chi connectivity index (χ1) is 14.4. The summed E-state index contributed by atoms with van der Waals surface area (Å²) in [5.41, 5.74) is -2.39. The summed E-state index contributed by atoms with van der Waals surface area (Å²) in [5, 5.41) is 28.4. The predicted octanol–water partition coefficient (Wildman–Crippen LogP) is 2.04. The number of amides is 2. The summed E-state index contributed by atoms with van der Waals surface area (Å²) in [7, 11) is 0. The molecule has 3 aliphatic rings. The third-order valence-corrected chi connectivity index (χ3v) is 6.80. The minimum Gasteiger partial charge on any atom is -0.375 e. The molecule has 4 atom stereocenters. The molecule has 0 unspecified atom stereocenters. The van der Waals surface area contributed by atoms with Crippen LogP contribution < -0.4 is 10.6 Å².